The fourth-order valence-corrected chi connectivity index (χ4v) is 5.38. The zero-order valence-electron chi connectivity index (χ0n) is 17.2. The Labute approximate surface area is 186 Å². The molecule has 2 aliphatic rings. The van der Waals surface area contributed by atoms with E-state index in [-0.39, 0.29) is 37.6 Å². The third-order valence-corrected chi connectivity index (χ3v) is 7.17. The van der Waals surface area contributed by atoms with Gasteiger partial charge in [-0.2, -0.15) is 5.10 Å². The van der Waals surface area contributed by atoms with Crippen LogP contribution in [0.2, 0.25) is 0 Å². The molecule has 2 aromatic rings. The number of hydrogen-bond acceptors (Lipinski definition) is 5. The molecular weight excluding hydrogens is 469 g/mol. The Morgan fingerprint density at radius 1 is 1.18 bits per heavy atom. The minimum absolute atomic E-state index is 0.0402. The highest BCUT2D eigenvalue weighted by Crippen LogP contribution is 2.31. The van der Waals surface area contributed by atoms with Crippen LogP contribution in [0.1, 0.15) is 12.6 Å². The molecule has 4 rings (SSSR count). The fraction of sp³-hybridized carbons (Fsp3) is 0.389. The summed E-state index contributed by atoms with van der Waals surface area (Å²) in [7, 11) is -4.00. The van der Waals surface area contributed by atoms with Crippen LogP contribution in [0, 0.1) is 17.5 Å². The number of amides is 3. The molecule has 3 amide bonds. The molecule has 1 aromatic carbocycles. The molecule has 0 radical (unpaired) electrons. The third kappa shape index (κ3) is 4.15. The summed E-state index contributed by atoms with van der Waals surface area (Å²) in [6.07, 6.45) is -0.0112. The van der Waals surface area contributed by atoms with E-state index in [0.717, 1.165) is 9.21 Å². The first-order valence-electron chi connectivity index (χ1n) is 9.73. The van der Waals surface area contributed by atoms with Gasteiger partial charge >= 0.3 is 12.1 Å². The van der Waals surface area contributed by atoms with Gasteiger partial charge in [-0.25, -0.2) is 31.2 Å². The molecule has 33 heavy (non-hydrogen) atoms. The number of benzene rings is 1. The van der Waals surface area contributed by atoms with Crippen molar-refractivity contribution in [3.63, 3.8) is 0 Å². The average Bonchev–Trinajstić information content (AvgIpc) is 3.12. The van der Waals surface area contributed by atoms with Gasteiger partial charge in [0.25, 0.3) is 10.0 Å². The predicted molar refractivity (Wildman–Crippen MR) is 108 cm³/mol. The van der Waals surface area contributed by atoms with Gasteiger partial charge in [-0.3, -0.25) is 13.9 Å². The van der Waals surface area contributed by atoms with Crippen LogP contribution in [0.4, 0.5) is 34.1 Å². The first kappa shape index (κ1) is 22.7. The van der Waals surface area contributed by atoms with Crippen molar-refractivity contribution >= 4 is 33.5 Å². The van der Waals surface area contributed by atoms with Gasteiger partial charge in [-0.05, 0) is 6.92 Å². The van der Waals surface area contributed by atoms with E-state index in [2.05, 4.69) is 10.4 Å². The summed E-state index contributed by atoms with van der Waals surface area (Å²) in [6.45, 7) is 1.68. The van der Waals surface area contributed by atoms with Gasteiger partial charge in [-0.1, -0.05) is 0 Å². The molecule has 0 bridgehead atoms. The highest BCUT2D eigenvalue weighted by atomic mass is 32.2. The van der Waals surface area contributed by atoms with Gasteiger partial charge in [0.2, 0.25) is 0 Å². The molecule has 1 fully saturated rings. The SMILES string of the molecule is C[C@H]1Cn2ncc(N3CCN(C(=O)O)CS3(=O)=O)c2CN1C(=O)Nc1cc(F)c(F)c(F)c1. The van der Waals surface area contributed by atoms with Crippen molar-refractivity contribution in [3.8, 4) is 0 Å². The number of halogens is 3. The number of rotatable bonds is 2. The Morgan fingerprint density at radius 2 is 1.85 bits per heavy atom. The molecular formula is C18H19F3N6O5S. The molecule has 0 unspecified atom stereocenters. The van der Waals surface area contributed by atoms with Crippen molar-refractivity contribution in [2.75, 3.05) is 28.6 Å². The monoisotopic (exact) mass is 488 g/mol. The summed E-state index contributed by atoms with van der Waals surface area (Å²) in [5.41, 5.74) is 0.325. The van der Waals surface area contributed by atoms with Gasteiger partial charge in [0.1, 0.15) is 5.88 Å². The summed E-state index contributed by atoms with van der Waals surface area (Å²) < 4.78 is 68.1. The first-order chi connectivity index (χ1) is 15.5. The van der Waals surface area contributed by atoms with Crippen molar-refractivity contribution in [2.45, 2.75) is 26.1 Å². The highest BCUT2D eigenvalue weighted by Gasteiger charge is 2.38. The number of fused-ring (bicyclic) bond motifs is 1. The van der Waals surface area contributed by atoms with Gasteiger partial charge in [0.05, 0.1) is 43.3 Å². The Hall–Kier alpha value is -3.49. The number of hydrogen-bond donors (Lipinski definition) is 2. The number of aromatic nitrogens is 2. The zero-order valence-corrected chi connectivity index (χ0v) is 18.0. The maximum atomic E-state index is 13.5. The summed E-state index contributed by atoms with van der Waals surface area (Å²) in [4.78, 5) is 26.0. The summed E-state index contributed by atoms with van der Waals surface area (Å²) in [5.74, 6) is -5.28. The van der Waals surface area contributed by atoms with Crippen molar-refractivity contribution < 1.29 is 36.3 Å². The lowest BCUT2D eigenvalue weighted by Gasteiger charge is -2.37. The summed E-state index contributed by atoms with van der Waals surface area (Å²) in [5, 5.41) is 15.6. The molecule has 0 saturated carbocycles. The normalized spacial score (nSPS) is 19.9. The van der Waals surface area contributed by atoms with Gasteiger partial charge in [0, 0.05) is 24.4 Å². The van der Waals surface area contributed by atoms with Crippen LogP contribution < -0.4 is 9.62 Å². The smallest absolute Gasteiger partial charge is 0.408 e. The van der Waals surface area contributed by atoms with E-state index in [0.29, 0.717) is 17.8 Å². The van der Waals surface area contributed by atoms with Crippen LogP contribution in [0.25, 0.3) is 0 Å². The molecule has 3 heterocycles. The number of carbonyl (C=O) groups excluding carboxylic acids is 1. The van der Waals surface area contributed by atoms with Crippen LogP contribution in [0.3, 0.4) is 0 Å². The lowest BCUT2D eigenvalue weighted by Crippen LogP contribution is -2.52. The fourth-order valence-electron chi connectivity index (χ4n) is 3.79. The van der Waals surface area contributed by atoms with Crippen molar-refractivity contribution in [2.24, 2.45) is 0 Å². The van der Waals surface area contributed by atoms with E-state index in [1.807, 2.05) is 0 Å². The zero-order chi connectivity index (χ0) is 24.1. The quantitative estimate of drug-likeness (QED) is 0.621. The Morgan fingerprint density at radius 3 is 2.45 bits per heavy atom. The number of carbonyl (C=O) groups is 2. The van der Waals surface area contributed by atoms with Gasteiger partial charge in [-0.15, -0.1) is 0 Å². The van der Waals surface area contributed by atoms with E-state index in [9.17, 15) is 31.2 Å². The van der Waals surface area contributed by atoms with Gasteiger partial charge in [0.15, 0.2) is 17.5 Å². The van der Waals surface area contributed by atoms with E-state index in [1.165, 1.54) is 11.1 Å². The largest absolute Gasteiger partial charge is 0.465 e. The Bertz CT molecular complexity index is 1210. The number of carboxylic acid groups (broad SMARTS) is 1. The van der Waals surface area contributed by atoms with Crippen LogP contribution in [0.5, 0.6) is 0 Å². The maximum Gasteiger partial charge on any atom is 0.408 e. The maximum absolute atomic E-state index is 13.5. The van der Waals surface area contributed by atoms with Crippen LogP contribution in [0.15, 0.2) is 18.3 Å². The number of urea groups is 1. The molecule has 0 spiro atoms. The van der Waals surface area contributed by atoms with E-state index in [1.54, 1.807) is 11.6 Å². The number of nitrogens with one attached hydrogen (secondary N) is 1. The highest BCUT2D eigenvalue weighted by molar-refractivity contribution is 7.92. The van der Waals surface area contributed by atoms with Crippen molar-refractivity contribution in [1.82, 2.24) is 19.6 Å². The molecule has 2 N–H and O–H groups in total. The molecule has 1 saturated heterocycles. The Balaban J connectivity index is 1.57. The standard InChI is InChI=1S/C18H19F3N6O5S/c1-10-7-26-15(8-25(10)17(28)23-11-4-12(19)16(21)13(20)5-11)14(6-22-26)27-3-2-24(18(29)30)9-33(27,31)32/h4-6,10H,2-3,7-9H2,1H3,(H,23,28)(H,29,30)/t10-/m0/s1. The second kappa shape index (κ2) is 8.13. The van der Waals surface area contributed by atoms with Crippen LogP contribution in [-0.4, -0.2) is 70.2 Å². The summed E-state index contributed by atoms with van der Waals surface area (Å²) >= 11 is 0. The van der Waals surface area contributed by atoms with Crippen LogP contribution >= 0.6 is 0 Å². The molecule has 11 nitrogen and oxygen atoms in total. The van der Waals surface area contributed by atoms with Gasteiger partial charge < -0.3 is 15.3 Å². The second-order valence-corrected chi connectivity index (χ2v) is 9.54. The second-order valence-electron chi connectivity index (χ2n) is 7.68. The van der Waals surface area contributed by atoms with Crippen LogP contribution in [-0.2, 0) is 23.1 Å². The molecule has 178 valence electrons. The molecule has 0 aliphatic carbocycles. The Kier molecular flexibility index (Phi) is 5.59. The van der Waals surface area contributed by atoms with Crippen molar-refractivity contribution in [1.29, 1.82) is 0 Å². The molecule has 1 aromatic heterocycles. The number of nitrogens with zero attached hydrogens (tertiary/aromatic N) is 5. The summed E-state index contributed by atoms with van der Waals surface area (Å²) in [6, 6.07) is 0.148. The molecule has 1 atom stereocenters. The minimum atomic E-state index is -4.00. The molecule has 2 aliphatic heterocycles. The lowest BCUT2D eigenvalue weighted by atomic mass is 10.2. The predicted octanol–water partition coefficient (Wildman–Crippen LogP) is 1.82. The van der Waals surface area contributed by atoms with E-state index < -0.39 is 51.5 Å². The minimum Gasteiger partial charge on any atom is -0.465 e. The van der Waals surface area contributed by atoms with E-state index in [4.69, 9.17) is 5.11 Å². The topological polar surface area (TPSA) is 128 Å². The number of anilines is 2. The third-order valence-electron chi connectivity index (χ3n) is 5.48. The lowest BCUT2D eigenvalue weighted by molar-refractivity contribution is 0.152. The van der Waals surface area contributed by atoms with Crippen molar-refractivity contribution in [3.05, 3.63) is 41.5 Å². The molecule has 15 heteroatoms. The average molecular weight is 488 g/mol. The number of sulfonamides is 1. The van der Waals surface area contributed by atoms with E-state index >= 15 is 0 Å². The first-order valence-corrected chi connectivity index (χ1v) is 11.3.